The maximum atomic E-state index is 11.9. The molecular formula is C10H8BrClN4O. The number of benzene rings is 1. The molecule has 1 N–H and O–H groups in total. The van der Waals surface area contributed by atoms with Crippen LogP contribution >= 0.6 is 27.5 Å². The summed E-state index contributed by atoms with van der Waals surface area (Å²) in [6.45, 7) is 0. The molecule has 0 aliphatic carbocycles. The molecule has 0 aliphatic heterocycles. The van der Waals surface area contributed by atoms with Gasteiger partial charge in [0.15, 0.2) is 0 Å². The fourth-order valence-corrected chi connectivity index (χ4v) is 2.11. The number of halogens is 2. The van der Waals surface area contributed by atoms with Crippen LogP contribution in [0.2, 0.25) is 5.02 Å². The van der Waals surface area contributed by atoms with Crippen LogP contribution < -0.4 is 5.32 Å². The monoisotopic (exact) mass is 314 g/mol. The van der Waals surface area contributed by atoms with E-state index in [0.29, 0.717) is 21.0 Å². The van der Waals surface area contributed by atoms with E-state index in [1.54, 1.807) is 25.2 Å². The van der Waals surface area contributed by atoms with Crippen molar-refractivity contribution in [1.29, 1.82) is 0 Å². The number of hydrogen-bond donors (Lipinski definition) is 1. The summed E-state index contributed by atoms with van der Waals surface area (Å²) in [7, 11) is 1.69. The first-order valence-corrected chi connectivity index (χ1v) is 5.85. The number of nitrogens with zero attached hydrogens (tertiary/aromatic N) is 3. The van der Waals surface area contributed by atoms with Crippen molar-refractivity contribution < 1.29 is 4.79 Å². The van der Waals surface area contributed by atoms with Crippen LogP contribution in [-0.2, 0) is 7.05 Å². The number of amides is 1. The molecule has 1 aromatic heterocycles. The average molecular weight is 316 g/mol. The summed E-state index contributed by atoms with van der Waals surface area (Å²) in [5, 5.41) is 7.06. The fourth-order valence-electron chi connectivity index (χ4n) is 1.25. The zero-order valence-corrected chi connectivity index (χ0v) is 11.2. The third-order valence-electron chi connectivity index (χ3n) is 2.11. The van der Waals surface area contributed by atoms with Crippen molar-refractivity contribution in [3.63, 3.8) is 0 Å². The van der Waals surface area contributed by atoms with Gasteiger partial charge in [-0.25, -0.2) is 4.68 Å². The fraction of sp³-hybridized carbons (Fsp3) is 0.100. The van der Waals surface area contributed by atoms with Gasteiger partial charge in [0.1, 0.15) is 6.33 Å². The molecule has 1 amide bonds. The van der Waals surface area contributed by atoms with Gasteiger partial charge in [-0.05, 0) is 34.1 Å². The lowest BCUT2D eigenvalue weighted by Gasteiger charge is -2.05. The molecule has 2 rings (SSSR count). The molecule has 1 aromatic carbocycles. The van der Waals surface area contributed by atoms with Gasteiger partial charge in [-0.1, -0.05) is 11.6 Å². The van der Waals surface area contributed by atoms with Crippen molar-refractivity contribution in [2.45, 2.75) is 0 Å². The molecule has 0 saturated heterocycles. The van der Waals surface area contributed by atoms with Crippen molar-refractivity contribution in [3.8, 4) is 0 Å². The van der Waals surface area contributed by atoms with Gasteiger partial charge >= 0.3 is 0 Å². The van der Waals surface area contributed by atoms with Gasteiger partial charge in [0.25, 0.3) is 5.91 Å². The zero-order valence-electron chi connectivity index (χ0n) is 8.82. The Morgan fingerprint density at radius 1 is 1.53 bits per heavy atom. The number of rotatable bonds is 2. The second-order valence-corrected chi connectivity index (χ2v) is 4.58. The van der Waals surface area contributed by atoms with Crippen molar-refractivity contribution in [2.75, 3.05) is 5.32 Å². The highest BCUT2D eigenvalue weighted by atomic mass is 79.9. The van der Waals surface area contributed by atoms with Gasteiger partial charge in [0, 0.05) is 16.5 Å². The maximum absolute atomic E-state index is 11.9. The van der Waals surface area contributed by atoms with Crippen molar-refractivity contribution in [2.24, 2.45) is 7.05 Å². The van der Waals surface area contributed by atoms with E-state index in [2.05, 4.69) is 31.3 Å². The Kier molecular flexibility index (Phi) is 3.44. The first-order valence-electron chi connectivity index (χ1n) is 4.68. The Balaban J connectivity index is 2.23. The number of aryl methyl sites for hydroxylation is 1. The van der Waals surface area contributed by atoms with E-state index in [1.807, 2.05) is 0 Å². The van der Waals surface area contributed by atoms with Crippen LogP contribution in [0.4, 0.5) is 5.95 Å². The molecule has 7 heteroatoms. The van der Waals surface area contributed by atoms with E-state index in [0.717, 1.165) is 0 Å². The lowest BCUT2D eigenvalue weighted by atomic mass is 10.2. The molecule has 0 saturated carbocycles. The number of carbonyl (C=O) groups is 1. The molecule has 0 spiro atoms. The molecule has 0 unspecified atom stereocenters. The standard InChI is InChI=1S/C10H8BrClN4O/c1-16-10(13-5-14-16)15-9(17)7-3-2-6(12)4-8(7)11/h2-5H,1H3,(H,13,14,15,17). The van der Waals surface area contributed by atoms with Gasteiger partial charge < -0.3 is 0 Å². The molecule has 0 radical (unpaired) electrons. The topological polar surface area (TPSA) is 59.8 Å². The summed E-state index contributed by atoms with van der Waals surface area (Å²) in [6.07, 6.45) is 1.37. The first-order chi connectivity index (χ1) is 8.08. The number of hydrogen-bond acceptors (Lipinski definition) is 3. The highest BCUT2D eigenvalue weighted by Crippen LogP contribution is 2.22. The summed E-state index contributed by atoms with van der Waals surface area (Å²) in [5.74, 6) is 0.112. The molecule has 1 heterocycles. The van der Waals surface area contributed by atoms with E-state index in [9.17, 15) is 4.79 Å². The lowest BCUT2D eigenvalue weighted by molar-refractivity contribution is 0.102. The molecule has 0 atom stereocenters. The zero-order chi connectivity index (χ0) is 12.4. The minimum Gasteiger partial charge on any atom is -0.291 e. The summed E-state index contributed by atoms with van der Waals surface area (Å²) in [4.78, 5) is 15.8. The van der Waals surface area contributed by atoms with E-state index in [1.165, 1.54) is 11.0 Å². The minimum absolute atomic E-state index is 0.273. The van der Waals surface area contributed by atoms with Crippen LogP contribution in [0.15, 0.2) is 29.0 Å². The highest BCUT2D eigenvalue weighted by molar-refractivity contribution is 9.10. The minimum atomic E-state index is -0.273. The molecule has 17 heavy (non-hydrogen) atoms. The maximum Gasteiger partial charge on any atom is 0.259 e. The Bertz CT molecular complexity index is 569. The molecule has 0 aliphatic rings. The van der Waals surface area contributed by atoms with Crippen LogP contribution in [0.3, 0.4) is 0 Å². The largest absolute Gasteiger partial charge is 0.291 e. The van der Waals surface area contributed by atoms with Crippen LogP contribution in [0.1, 0.15) is 10.4 Å². The van der Waals surface area contributed by atoms with Crippen LogP contribution in [0.5, 0.6) is 0 Å². The Hall–Kier alpha value is -1.40. The molecule has 0 fully saturated rings. The van der Waals surface area contributed by atoms with E-state index < -0.39 is 0 Å². The first kappa shape index (κ1) is 12.1. The van der Waals surface area contributed by atoms with Gasteiger partial charge in [0.05, 0.1) is 5.56 Å². The van der Waals surface area contributed by atoms with Crippen LogP contribution in [0.25, 0.3) is 0 Å². The molecular weight excluding hydrogens is 307 g/mol. The average Bonchev–Trinajstić information content (AvgIpc) is 2.64. The van der Waals surface area contributed by atoms with Crippen LogP contribution in [0, 0.1) is 0 Å². The Labute approximate surface area is 111 Å². The summed E-state index contributed by atoms with van der Waals surface area (Å²) >= 11 is 9.08. The summed E-state index contributed by atoms with van der Waals surface area (Å²) in [5.41, 5.74) is 0.484. The molecule has 5 nitrogen and oxygen atoms in total. The highest BCUT2D eigenvalue weighted by Gasteiger charge is 2.12. The Morgan fingerprint density at radius 3 is 2.88 bits per heavy atom. The van der Waals surface area contributed by atoms with Crippen molar-refractivity contribution in [3.05, 3.63) is 39.6 Å². The third kappa shape index (κ3) is 2.65. The molecule has 2 aromatic rings. The number of nitrogens with one attached hydrogen (secondary N) is 1. The van der Waals surface area contributed by atoms with Gasteiger partial charge in [-0.2, -0.15) is 10.1 Å². The van der Waals surface area contributed by atoms with E-state index in [-0.39, 0.29) is 5.91 Å². The summed E-state index contributed by atoms with van der Waals surface area (Å²) < 4.78 is 2.10. The predicted octanol–water partition coefficient (Wildman–Crippen LogP) is 2.48. The van der Waals surface area contributed by atoms with Crippen molar-refractivity contribution >= 4 is 39.4 Å². The lowest BCUT2D eigenvalue weighted by Crippen LogP contribution is -2.15. The van der Waals surface area contributed by atoms with E-state index >= 15 is 0 Å². The SMILES string of the molecule is Cn1ncnc1NC(=O)c1ccc(Cl)cc1Br. The normalized spacial score (nSPS) is 10.3. The number of anilines is 1. The third-order valence-corrected chi connectivity index (χ3v) is 3.00. The second-order valence-electron chi connectivity index (χ2n) is 3.29. The smallest absolute Gasteiger partial charge is 0.259 e. The number of carbonyl (C=O) groups excluding carboxylic acids is 1. The second kappa shape index (κ2) is 4.85. The summed E-state index contributed by atoms with van der Waals surface area (Å²) in [6, 6.07) is 4.95. The predicted molar refractivity (Wildman–Crippen MR) is 68.1 cm³/mol. The quantitative estimate of drug-likeness (QED) is 0.926. The number of aromatic nitrogens is 3. The van der Waals surface area contributed by atoms with Gasteiger partial charge in [-0.15, -0.1) is 0 Å². The Morgan fingerprint density at radius 2 is 2.29 bits per heavy atom. The molecule has 88 valence electrons. The van der Waals surface area contributed by atoms with Gasteiger partial charge in [0.2, 0.25) is 5.95 Å². The molecule has 0 bridgehead atoms. The van der Waals surface area contributed by atoms with E-state index in [4.69, 9.17) is 11.6 Å². The van der Waals surface area contributed by atoms with Gasteiger partial charge in [-0.3, -0.25) is 10.1 Å². The van der Waals surface area contributed by atoms with Crippen LogP contribution in [-0.4, -0.2) is 20.7 Å². The van der Waals surface area contributed by atoms with Crippen molar-refractivity contribution in [1.82, 2.24) is 14.8 Å².